The van der Waals surface area contributed by atoms with Crippen molar-refractivity contribution in [1.29, 1.82) is 0 Å². The molecule has 6 heteroatoms. The molecule has 5 nitrogen and oxygen atoms in total. The third-order valence-electron chi connectivity index (χ3n) is 2.86. The number of benzene rings is 1. The number of nitrogens with one attached hydrogen (secondary N) is 1. The molecule has 0 aliphatic heterocycles. The maximum Gasteiger partial charge on any atom is 0.250 e. The summed E-state index contributed by atoms with van der Waals surface area (Å²) in [4.78, 5) is 21.2. The monoisotopic (exact) mass is 299 g/mol. The van der Waals surface area contributed by atoms with Crippen molar-refractivity contribution in [2.45, 2.75) is 0 Å². The molecule has 0 fully saturated rings. The summed E-state index contributed by atoms with van der Waals surface area (Å²) in [6, 6.07) is 11.4. The average molecular weight is 299 g/mol. The van der Waals surface area contributed by atoms with Crippen LogP contribution in [0.1, 0.15) is 0 Å². The lowest BCUT2D eigenvalue weighted by Crippen LogP contribution is -2.16. The van der Waals surface area contributed by atoms with Crippen LogP contribution in [0.3, 0.4) is 0 Å². The molecule has 0 saturated carbocycles. The van der Waals surface area contributed by atoms with Gasteiger partial charge in [-0.05, 0) is 36.4 Å². The zero-order valence-electron chi connectivity index (χ0n) is 11.4. The van der Waals surface area contributed by atoms with Crippen LogP contribution >= 0.6 is 11.3 Å². The molecule has 1 N–H and O–H groups in total. The number of pyridine rings is 1. The van der Waals surface area contributed by atoms with Gasteiger partial charge in [0.15, 0.2) is 0 Å². The van der Waals surface area contributed by atoms with Crippen molar-refractivity contribution in [1.82, 2.24) is 9.97 Å². The van der Waals surface area contributed by atoms with E-state index >= 15 is 0 Å². The summed E-state index contributed by atoms with van der Waals surface area (Å²) in [5.74, 6) is -0.172. The minimum atomic E-state index is -0.172. The molecule has 2 aromatic heterocycles. The van der Waals surface area contributed by atoms with E-state index < -0.39 is 0 Å². The van der Waals surface area contributed by atoms with Crippen molar-refractivity contribution in [3.8, 4) is 10.6 Å². The molecular formula is C15H13N3O2S. The topological polar surface area (TPSA) is 64.1 Å². The highest BCUT2D eigenvalue weighted by atomic mass is 32.1. The minimum absolute atomic E-state index is 0.0469. The van der Waals surface area contributed by atoms with Gasteiger partial charge in [0, 0.05) is 24.6 Å². The van der Waals surface area contributed by atoms with E-state index in [9.17, 15) is 4.79 Å². The lowest BCUT2D eigenvalue weighted by Gasteiger charge is -2.04. The van der Waals surface area contributed by atoms with Crippen LogP contribution in [0, 0.1) is 0 Å². The SMILES string of the molecule is COCC(=O)Nc1ccc(-c2nc3cccnc3s2)cc1. The number of hydrogen-bond acceptors (Lipinski definition) is 5. The van der Waals surface area contributed by atoms with Crippen LogP contribution in [0.4, 0.5) is 5.69 Å². The molecule has 1 aromatic carbocycles. The van der Waals surface area contributed by atoms with E-state index in [0.717, 1.165) is 26.6 Å². The third kappa shape index (κ3) is 3.07. The Morgan fingerprint density at radius 3 is 2.81 bits per heavy atom. The van der Waals surface area contributed by atoms with Crippen LogP contribution in [0.2, 0.25) is 0 Å². The van der Waals surface area contributed by atoms with E-state index in [1.807, 2.05) is 36.4 Å². The van der Waals surface area contributed by atoms with Gasteiger partial charge >= 0.3 is 0 Å². The van der Waals surface area contributed by atoms with Gasteiger partial charge in [-0.25, -0.2) is 9.97 Å². The van der Waals surface area contributed by atoms with Crippen molar-refractivity contribution >= 4 is 33.3 Å². The minimum Gasteiger partial charge on any atom is -0.375 e. The molecule has 0 unspecified atom stereocenters. The Hall–Kier alpha value is -2.31. The van der Waals surface area contributed by atoms with E-state index in [0.29, 0.717) is 0 Å². The summed E-state index contributed by atoms with van der Waals surface area (Å²) < 4.78 is 4.78. The molecule has 0 radical (unpaired) electrons. The number of carbonyl (C=O) groups is 1. The quantitative estimate of drug-likeness (QED) is 0.804. The Morgan fingerprint density at radius 2 is 2.10 bits per heavy atom. The van der Waals surface area contributed by atoms with Gasteiger partial charge in [-0.1, -0.05) is 11.3 Å². The second-order valence-electron chi connectivity index (χ2n) is 4.41. The van der Waals surface area contributed by atoms with Gasteiger partial charge < -0.3 is 10.1 Å². The fourth-order valence-corrected chi connectivity index (χ4v) is 2.83. The fourth-order valence-electron chi connectivity index (χ4n) is 1.92. The molecule has 106 valence electrons. The van der Waals surface area contributed by atoms with E-state index in [1.54, 1.807) is 17.5 Å². The summed E-state index contributed by atoms with van der Waals surface area (Å²) in [5, 5.41) is 3.67. The van der Waals surface area contributed by atoms with Gasteiger partial charge in [0.05, 0.1) is 0 Å². The molecule has 1 amide bonds. The van der Waals surface area contributed by atoms with Crippen molar-refractivity contribution in [3.05, 3.63) is 42.6 Å². The zero-order chi connectivity index (χ0) is 14.7. The van der Waals surface area contributed by atoms with Crippen LogP contribution < -0.4 is 5.32 Å². The number of hydrogen-bond donors (Lipinski definition) is 1. The van der Waals surface area contributed by atoms with E-state index in [2.05, 4.69) is 15.3 Å². The lowest BCUT2D eigenvalue weighted by molar-refractivity contribution is -0.119. The summed E-state index contributed by atoms with van der Waals surface area (Å²) >= 11 is 1.55. The number of carbonyl (C=O) groups excluding carboxylic acids is 1. The van der Waals surface area contributed by atoms with Crippen LogP contribution in [-0.4, -0.2) is 29.6 Å². The Labute approximate surface area is 125 Å². The Bertz CT molecular complexity index is 735. The number of thiazole rings is 1. The highest BCUT2D eigenvalue weighted by Gasteiger charge is 2.07. The smallest absolute Gasteiger partial charge is 0.250 e. The predicted octanol–water partition coefficient (Wildman–Crippen LogP) is 2.94. The average Bonchev–Trinajstić information content (AvgIpc) is 2.92. The normalized spacial score (nSPS) is 10.7. The molecule has 0 saturated heterocycles. The predicted molar refractivity (Wildman–Crippen MR) is 83.4 cm³/mol. The second kappa shape index (κ2) is 5.99. The van der Waals surface area contributed by atoms with E-state index in [4.69, 9.17) is 4.74 Å². The van der Waals surface area contributed by atoms with Gasteiger partial charge in [-0.3, -0.25) is 4.79 Å². The van der Waals surface area contributed by atoms with Crippen LogP contribution in [-0.2, 0) is 9.53 Å². The highest BCUT2D eigenvalue weighted by molar-refractivity contribution is 7.21. The first-order chi connectivity index (χ1) is 10.3. The molecular weight excluding hydrogens is 286 g/mol. The van der Waals surface area contributed by atoms with Crippen LogP contribution in [0.15, 0.2) is 42.6 Å². The van der Waals surface area contributed by atoms with Crippen LogP contribution in [0.25, 0.3) is 20.9 Å². The molecule has 21 heavy (non-hydrogen) atoms. The van der Waals surface area contributed by atoms with E-state index in [-0.39, 0.29) is 12.5 Å². The van der Waals surface area contributed by atoms with Gasteiger partial charge in [0.25, 0.3) is 0 Å². The third-order valence-corrected chi connectivity index (χ3v) is 3.89. The molecule has 0 spiro atoms. The molecule has 0 bridgehead atoms. The Balaban J connectivity index is 1.81. The molecule has 0 aliphatic carbocycles. The number of ether oxygens (including phenoxy) is 1. The highest BCUT2D eigenvalue weighted by Crippen LogP contribution is 2.29. The number of amides is 1. The number of methoxy groups -OCH3 is 1. The largest absolute Gasteiger partial charge is 0.375 e. The number of aromatic nitrogens is 2. The molecule has 0 atom stereocenters. The summed E-state index contributed by atoms with van der Waals surface area (Å²) in [6.07, 6.45) is 1.76. The summed E-state index contributed by atoms with van der Waals surface area (Å²) in [5.41, 5.74) is 2.64. The molecule has 0 aliphatic rings. The maximum absolute atomic E-state index is 11.4. The Kier molecular flexibility index (Phi) is 3.89. The molecule has 3 rings (SSSR count). The van der Waals surface area contributed by atoms with Crippen molar-refractivity contribution in [2.24, 2.45) is 0 Å². The summed E-state index contributed by atoms with van der Waals surface area (Å²) in [7, 11) is 1.49. The summed E-state index contributed by atoms with van der Waals surface area (Å²) in [6.45, 7) is 0.0469. The van der Waals surface area contributed by atoms with Crippen molar-refractivity contribution in [2.75, 3.05) is 19.0 Å². The first kappa shape index (κ1) is 13.7. The van der Waals surface area contributed by atoms with Gasteiger partial charge in [-0.15, -0.1) is 0 Å². The van der Waals surface area contributed by atoms with Crippen molar-refractivity contribution in [3.63, 3.8) is 0 Å². The first-order valence-corrected chi connectivity index (χ1v) is 7.19. The van der Waals surface area contributed by atoms with Gasteiger partial charge in [0.1, 0.15) is 22.0 Å². The molecule has 2 heterocycles. The first-order valence-electron chi connectivity index (χ1n) is 6.37. The number of nitrogens with zero attached hydrogens (tertiary/aromatic N) is 2. The maximum atomic E-state index is 11.4. The Morgan fingerprint density at radius 1 is 1.29 bits per heavy atom. The van der Waals surface area contributed by atoms with Gasteiger partial charge in [0.2, 0.25) is 5.91 Å². The lowest BCUT2D eigenvalue weighted by atomic mass is 10.2. The number of fused-ring (bicyclic) bond motifs is 1. The van der Waals surface area contributed by atoms with E-state index in [1.165, 1.54) is 7.11 Å². The van der Waals surface area contributed by atoms with Gasteiger partial charge in [-0.2, -0.15) is 0 Å². The van der Waals surface area contributed by atoms with Crippen LogP contribution in [0.5, 0.6) is 0 Å². The number of rotatable bonds is 4. The second-order valence-corrected chi connectivity index (χ2v) is 5.38. The fraction of sp³-hybridized carbons (Fsp3) is 0.133. The standard InChI is InChI=1S/C15H13N3O2S/c1-20-9-13(19)17-11-6-4-10(5-7-11)14-18-12-3-2-8-16-15(12)21-14/h2-8H,9H2,1H3,(H,17,19). The molecule has 3 aromatic rings. The van der Waals surface area contributed by atoms with Crippen molar-refractivity contribution < 1.29 is 9.53 Å². The zero-order valence-corrected chi connectivity index (χ0v) is 12.2. The number of anilines is 1.